The highest BCUT2D eigenvalue weighted by Crippen LogP contribution is 2.32. The first-order chi connectivity index (χ1) is 12.7. The summed E-state index contributed by atoms with van der Waals surface area (Å²) >= 11 is 1.68. The summed E-state index contributed by atoms with van der Waals surface area (Å²) in [6.07, 6.45) is 0. The number of fused-ring (bicyclic) bond motifs is 1. The molecule has 0 amide bonds. The van der Waals surface area contributed by atoms with Crippen molar-refractivity contribution >= 4 is 17.7 Å². The van der Waals surface area contributed by atoms with Crippen LogP contribution in [0.1, 0.15) is 17.2 Å². The van der Waals surface area contributed by atoms with E-state index in [1.165, 1.54) is 12.1 Å². The Labute approximate surface area is 154 Å². The molecule has 2 aliphatic heterocycles. The molecule has 0 bridgehead atoms. The second-order valence-electron chi connectivity index (χ2n) is 6.16. The van der Waals surface area contributed by atoms with Crippen LogP contribution < -0.4 is 14.8 Å². The van der Waals surface area contributed by atoms with E-state index >= 15 is 0 Å². The minimum atomic E-state index is -0.391. The average molecular weight is 375 g/mol. The van der Waals surface area contributed by atoms with Crippen LogP contribution in [0.5, 0.6) is 11.5 Å². The van der Waals surface area contributed by atoms with E-state index in [9.17, 15) is 9.18 Å². The van der Waals surface area contributed by atoms with E-state index in [1.54, 1.807) is 23.9 Å². The molecule has 1 unspecified atom stereocenters. The van der Waals surface area contributed by atoms with Gasteiger partial charge in [0.1, 0.15) is 18.5 Å². The topological polar surface area (TPSA) is 56.8 Å². The van der Waals surface area contributed by atoms with Gasteiger partial charge in [-0.2, -0.15) is 11.8 Å². The van der Waals surface area contributed by atoms with Gasteiger partial charge in [-0.1, -0.05) is 18.2 Å². The van der Waals surface area contributed by atoms with Crippen LogP contribution in [0.3, 0.4) is 0 Å². The Bertz CT molecular complexity index is 799. The Balaban J connectivity index is 1.34. The molecule has 7 heteroatoms. The summed E-state index contributed by atoms with van der Waals surface area (Å²) in [5.41, 5.74) is 1.81. The molecule has 1 saturated heterocycles. The van der Waals surface area contributed by atoms with Gasteiger partial charge in [-0.05, 0) is 35.4 Å². The Hall–Kier alpha value is -2.25. The summed E-state index contributed by atoms with van der Waals surface area (Å²) in [5, 5.41) is 3.30. The van der Waals surface area contributed by atoms with Crippen molar-refractivity contribution in [1.82, 2.24) is 5.32 Å². The van der Waals surface area contributed by atoms with Crippen LogP contribution >= 0.6 is 11.8 Å². The third-order valence-electron chi connectivity index (χ3n) is 4.35. The maximum Gasteiger partial charge on any atom is 0.324 e. The van der Waals surface area contributed by atoms with E-state index in [0.29, 0.717) is 17.3 Å². The van der Waals surface area contributed by atoms with Crippen molar-refractivity contribution < 1.29 is 23.4 Å². The molecule has 0 aliphatic carbocycles. The highest BCUT2D eigenvalue weighted by Gasteiger charge is 2.29. The number of esters is 1. The van der Waals surface area contributed by atoms with E-state index in [2.05, 4.69) is 5.32 Å². The van der Waals surface area contributed by atoms with E-state index < -0.39 is 6.04 Å². The first-order valence-corrected chi connectivity index (χ1v) is 9.49. The van der Waals surface area contributed by atoms with Gasteiger partial charge in [-0.3, -0.25) is 10.1 Å². The number of carbonyl (C=O) groups excluding carboxylic acids is 1. The van der Waals surface area contributed by atoms with E-state index in [0.717, 1.165) is 16.9 Å². The van der Waals surface area contributed by atoms with Crippen molar-refractivity contribution in [1.29, 1.82) is 0 Å². The molecule has 26 heavy (non-hydrogen) atoms. The van der Waals surface area contributed by atoms with Crippen LogP contribution in [-0.4, -0.2) is 30.3 Å². The molecule has 0 aromatic heterocycles. The third-order valence-corrected chi connectivity index (χ3v) is 5.48. The van der Waals surface area contributed by atoms with Crippen molar-refractivity contribution in [2.24, 2.45) is 0 Å². The summed E-state index contributed by atoms with van der Waals surface area (Å²) in [7, 11) is 0. The zero-order chi connectivity index (χ0) is 17.9. The lowest BCUT2D eigenvalue weighted by atomic mass is 10.1. The van der Waals surface area contributed by atoms with Gasteiger partial charge in [-0.15, -0.1) is 0 Å². The Morgan fingerprint density at radius 1 is 1.15 bits per heavy atom. The average Bonchev–Trinajstić information content (AvgIpc) is 3.14. The largest absolute Gasteiger partial charge is 0.460 e. The van der Waals surface area contributed by atoms with E-state index in [-0.39, 0.29) is 31.2 Å². The summed E-state index contributed by atoms with van der Waals surface area (Å²) in [4.78, 5) is 12.4. The van der Waals surface area contributed by atoms with Gasteiger partial charge in [-0.25, -0.2) is 4.39 Å². The molecule has 1 N–H and O–H groups in total. The number of ether oxygens (including phenoxy) is 3. The number of carbonyl (C=O) groups is 1. The number of benzene rings is 2. The lowest BCUT2D eigenvalue weighted by Gasteiger charge is -2.29. The highest BCUT2D eigenvalue weighted by molar-refractivity contribution is 7.99. The molecule has 2 aromatic carbocycles. The zero-order valence-electron chi connectivity index (χ0n) is 13.9. The van der Waals surface area contributed by atoms with Crippen LogP contribution in [0.15, 0.2) is 42.5 Å². The number of hydrogen-bond donors (Lipinski definition) is 1. The number of nitrogens with one attached hydrogen (secondary N) is 1. The SMILES string of the molecule is O=C(OCc1ccc2c(c1)OCO2)[C@@H]1CSCC(c2ccc(F)cc2)N1. The van der Waals surface area contributed by atoms with Crippen LogP contribution in [-0.2, 0) is 16.1 Å². The van der Waals surface area contributed by atoms with Gasteiger partial charge in [0.05, 0.1) is 0 Å². The van der Waals surface area contributed by atoms with Crippen molar-refractivity contribution in [3.63, 3.8) is 0 Å². The van der Waals surface area contributed by atoms with Crippen molar-refractivity contribution in [3.8, 4) is 11.5 Å². The molecular weight excluding hydrogens is 357 g/mol. The molecule has 2 atom stereocenters. The molecule has 5 nitrogen and oxygen atoms in total. The molecule has 0 saturated carbocycles. The monoisotopic (exact) mass is 375 g/mol. The van der Waals surface area contributed by atoms with Gasteiger partial charge < -0.3 is 14.2 Å². The minimum absolute atomic E-state index is 0.00237. The molecule has 2 aromatic rings. The van der Waals surface area contributed by atoms with Crippen LogP contribution in [0.2, 0.25) is 0 Å². The molecule has 1 fully saturated rings. The van der Waals surface area contributed by atoms with E-state index in [4.69, 9.17) is 14.2 Å². The standard InChI is InChI=1S/C19H18FNO4S/c20-14-4-2-13(3-5-14)15-9-26-10-16(21-15)19(22)23-8-12-1-6-17-18(7-12)25-11-24-17/h1-7,15-16,21H,8-11H2/t15?,16-/m0/s1. The van der Waals surface area contributed by atoms with Crippen LogP contribution in [0.25, 0.3) is 0 Å². The van der Waals surface area contributed by atoms with Crippen molar-refractivity contribution in [2.75, 3.05) is 18.3 Å². The Kier molecular flexibility index (Phi) is 4.99. The molecule has 0 radical (unpaired) electrons. The van der Waals surface area contributed by atoms with Gasteiger partial charge in [0.15, 0.2) is 11.5 Å². The quantitative estimate of drug-likeness (QED) is 0.829. The number of rotatable bonds is 4. The van der Waals surface area contributed by atoms with Gasteiger partial charge in [0, 0.05) is 17.5 Å². The van der Waals surface area contributed by atoms with Crippen LogP contribution in [0.4, 0.5) is 4.39 Å². The molecular formula is C19H18FNO4S. The Morgan fingerprint density at radius 3 is 2.81 bits per heavy atom. The predicted molar refractivity (Wildman–Crippen MR) is 95.8 cm³/mol. The van der Waals surface area contributed by atoms with Crippen molar-refractivity contribution in [3.05, 3.63) is 59.4 Å². The summed E-state index contributed by atoms with van der Waals surface area (Å²) < 4.78 is 29.1. The molecule has 4 rings (SSSR count). The smallest absolute Gasteiger partial charge is 0.324 e. The fraction of sp³-hybridized carbons (Fsp3) is 0.316. The first-order valence-electron chi connectivity index (χ1n) is 8.33. The molecule has 0 spiro atoms. The maximum atomic E-state index is 13.1. The number of thioether (sulfide) groups is 1. The molecule has 2 aliphatic rings. The molecule has 136 valence electrons. The van der Waals surface area contributed by atoms with Gasteiger partial charge in [0.2, 0.25) is 6.79 Å². The second-order valence-corrected chi connectivity index (χ2v) is 7.23. The predicted octanol–water partition coefficient (Wildman–Crippen LogP) is 3.04. The maximum absolute atomic E-state index is 13.1. The van der Waals surface area contributed by atoms with Crippen molar-refractivity contribution in [2.45, 2.75) is 18.7 Å². The summed E-state index contributed by atoms with van der Waals surface area (Å²) in [5.74, 6) is 2.29. The van der Waals surface area contributed by atoms with Gasteiger partial charge in [0.25, 0.3) is 0 Å². The minimum Gasteiger partial charge on any atom is -0.460 e. The first kappa shape index (κ1) is 17.2. The molecule has 2 heterocycles. The second kappa shape index (κ2) is 7.55. The normalized spacial score (nSPS) is 21.4. The third kappa shape index (κ3) is 3.78. The number of halogens is 1. The summed E-state index contributed by atoms with van der Waals surface area (Å²) in [6.45, 7) is 0.395. The zero-order valence-corrected chi connectivity index (χ0v) is 14.8. The van der Waals surface area contributed by atoms with Crippen LogP contribution in [0, 0.1) is 5.82 Å². The lowest BCUT2D eigenvalue weighted by Crippen LogP contribution is -2.46. The Morgan fingerprint density at radius 2 is 1.96 bits per heavy atom. The van der Waals surface area contributed by atoms with Gasteiger partial charge >= 0.3 is 5.97 Å². The highest BCUT2D eigenvalue weighted by atomic mass is 32.2. The fourth-order valence-corrected chi connectivity index (χ4v) is 4.08. The summed E-state index contributed by atoms with van der Waals surface area (Å²) in [6, 6.07) is 11.4. The number of hydrogen-bond acceptors (Lipinski definition) is 6. The lowest BCUT2D eigenvalue weighted by molar-refractivity contribution is -0.147. The van der Waals surface area contributed by atoms with E-state index in [1.807, 2.05) is 18.2 Å². The fourth-order valence-electron chi connectivity index (χ4n) is 2.95.